The van der Waals surface area contributed by atoms with Gasteiger partial charge in [-0.25, -0.2) is 4.98 Å². The normalized spacial score (nSPS) is 11.0. The molecule has 0 saturated carbocycles. The number of imidazole rings is 1. The van der Waals surface area contributed by atoms with Crippen LogP contribution in [-0.4, -0.2) is 28.6 Å². The molecule has 0 atom stereocenters. The van der Waals surface area contributed by atoms with Gasteiger partial charge in [0.1, 0.15) is 11.6 Å². The summed E-state index contributed by atoms with van der Waals surface area (Å²) in [5.74, 6) is 1.78. The molecule has 1 amide bonds. The van der Waals surface area contributed by atoms with Crippen LogP contribution in [0.3, 0.4) is 0 Å². The summed E-state index contributed by atoms with van der Waals surface area (Å²) in [4.78, 5) is 17.3. The summed E-state index contributed by atoms with van der Waals surface area (Å²) in [6.45, 7) is 6.00. The minimum atomic E-state index is -0.0547. The summed E-state index contributed by atoms with van der Waals surface area (Å²) in [6, 6.07) is 21.5. The summed E-state index contributed by atoms with van der Waals surface area (Å²) >= 11 is 6.09. The van der Waals surface area contributed by atoms with E-state index in [2.05, 4.69) is 16.0 Å². The Hall–Kier alpha value is -3.31. The fraction of sp³-hybridized carbons (Fsp3) is 0.286. The van der Waals surface area contributed by atoms with Crippen molar-refractivity contribution in [1.82, 2.24) is 14.9 Å². The van der Waals surface area contributed by atoms with Crippen LogP contribution in [0.25, 0.3) is 11.0 Å². The van der Waals surface area contributed by atoms with E-state index in [0.29, 0.717) is 25.1 Å². The van der Waals surface area contributed by atoms with Crippen molar-refractivity contribution < 1.29 is 9.53 Å². The van der Waals surface area contributed by atoms with Gasteiger partial charge in [0.2, 0.25) is 0 Å². The van der Waals surface area contributed by atoms with Crippen LogP contribution in [0.5, 0.6) is 5.75 Å². The second kappa shape index (κ2) is 11.2. The van der Waals surface area contributed by atoms with E-state index in [4.69, 9.17) is 21.3 Å². The first-order valence-electron chi connectivity index (χ1n) is 11.7. The number of hydrogen-bond acceptors (Lipinski definition) is 3. The zero-order valence-electron chi connectivity index (χ0n) is 19.7. The Morgan fingerprint density at radius 3 is 2.71 bits per heavy atom. The van der Waals surface area contributed by atoms with Crippen molar-refractivity contribution in [2.45, 2.75) is 39.7 Å². The van der Waals surface area contributed by atoms with Gasteiger partial charge in [-0.05, 0) is 74.7 Å². The van der Waals surface area contributed by atoms with Crippen LogP contribution in [0.1, 0.15) is 40.2 Å². The second-order valence-corrected chi connectivity index (χ2v) is 8.92. The van der Waals surface area contributed by atoms with Gasteiger partial charge in [-0.1, -0.05) is 41.4 Å². The van der Waals surface area contributed by atoms with E-state index in [1.165, 1.54) is 0 Å². The Morgan fingerprint density at radius 1 is 1.03 bits per heavy atom. The lowest BCUT2D eigenvalue weighted by Crippen LogP contribution is -2.26. The molecule has 0 aliphatic carbocycles. The number of aromatic nitrogens is 2. The minimum Gasteiger partial charge on any atom is -0.494 e. The van der Waals surface area contributed by atoms with Crippen LogP contribution in [0, 0.1) is 13.8 Å². The molecule has 3 aromatic carbocycles. The number of unbranched alkanes of at least 4 members (excludes halogenated alkanes) is 1. The maximum absolute atomic E-state index is 12.5. The fourth-order valence-corrected chi connectivity index (χ4v) is 4.13. The van der Waals surface area contributed by atoms with Crippen LogP contribution < -0.4 is 10.1 Å². The average Bonchev–Trinajstić information content (AvgIpc) is 3.18. The molecule has 34 heavy (non-hydrogen) atoms. The van der Waals surface area contributed by atoms with E-state index in [0.717, 1.165) is 58.1 Å². The summed E-state index contributed by atoms with van der Waals surface area (Å²) in [7, 11) is 0. The smallest absolute Gasteiger partial charge is 0.251 e. The number of aryl methyl sites for hydroxylation is 3. The quantitative estimate of drug-likeness (QED) is 0.280. The van der Waals surface area contributed by atoms with Gasteiger partial charge in [0.05, 0.1) is 17.6 Å². The molecule has 0 fully saturated rings. The number of para-hydroxylation sites is 2. The molecule has 0 saturated heterocycles. The molecule has 0 spiro atoms. The molecule has 5 nitrogen and oxygen atoms in total. The van der Waals surface area contributed by atoms with Crippen molar-refractivity contribution in [1.29, 1.82) is 0 Å². The lowest BCUT2D eigenvalue weighted by atomic mass is 10.1. The molecular weight excluding hydrogens is 446 g/mol. The van der Waals surface area contributed by atoms with Gasteiger partial charge in [-0.3, -0.25) is 4.79 Å². The van der Waals surface area contributed by atoms with Crippen molar-refractivity contribution in [3.05, 3.63) is 94.3 Å². The Kier molecular flexibility index (Phi) is 7.86. The highest BCUT2D eigenvalue weighted by Crippen LogP contribution is 2.21. The first kappa shape index (κ1) is 23.8. The molecule has 176 valence electrons. The summed E-state index contributed by atoms with van der Waals surface area (Å²) in [6.07, 6.45) is 2.57. The first-order valence-corrected chi connectivity index (χ1v) is 12.1. The molecule has 0 aliphatic heterocycles. The molecule has 4 aromatic rings. The van der Waals surface area contributed by atoms with Crippen LogP contribution in [0.2, 0.25) is 5.02 Å². The number of benzene rings is 3. The van der Waals surface area contributed by atoms with Gasteiger partial charge in [0.25, 0.3) is 5.91 Å². The monoisotopic (exact) mass is 475 g/mol. The van der Waals surface area contributed by atoms with E-state index in [9.17, 15) is 4.79 Å². The number of carbonyl (C=O) groups is 1. The maximum Gasteiger partial charge on any atom is 0.251 e. The molecule has 4 rings (SSSR count). The summed E-state index contributed by atoms with van der Waals surface area (Å²) < 4.78 is 8.15. The lowest BCUT2D eigenvalue weighted by molar-refractivity contribution is 0.0954. The highest BCUT2D eigenvalue weighted by Gasteiger charge is 2.11. The van der Waals surface area contributed by atoms with Gasteiger partial charge in [0.15, 0.2) is 0 Å². The van der Waals surface area contributed by atoms with Gasteiger partial charge >= 0.3 is 0 Å². The molecule has 0 unspecified atom stereocenters. The SMILES string of the molecule is Cc1cccc(C(=O)NCCc2nc3ccccc3n2CCCCOc2ccc(Cl)c(C)c2)c1. The Bertz CT molecular complexity index is 1280. The summed E-state index contributed by atoms with van der Waals surface area (Å²) in [5.41, 5.74) is 4.88. The number of halogens is 1. The van der Waals surface area contributed by atoms with Crippen molar-refractivity contribution in [2.24, 2.45) is 0 Å². The van der Waals surface area contributed by atoms with Crippen LogP contribution >= 0.6 is 11.6 Å². The summed E-state index contributed by atoms with van der Waals surface area (Å²) in [5, 5.41) is 3.78. The van der Waals surface area contributed by atoms with Gasteiger partial charge in [-0.15, -0.1) is 0 Å². The molecule has 6 heteroatoms. The number of rotatable bonds is 10. The minimum absolute atomic E-state index is 0.0547. The van der Waals surface area contributed by atoms with Gasteiger partial charge in [0, 0.05) is 30.1 Å². The van der Waals surface area contributed by atoms with Crippen LogP contribution in [-0.2, 0) is 13.0 Å². The number of hydrogen-bond donors (Lipinski definition) is 1. The Balaban J connectivity index is 1.33. The van der Waals surface area contributed by atoms with Crippen LogP contribution in [0.15, 0.2) is 66.7 Å². The van der Waals surface area contributed by atoms with E-state index < -0.39 is 0 Å². The molecule has 1 N–H and O–H groups in total. The van der Waals surface area contributed by atoms with Gasteiger partial charge in [-0.2, -0.15) is 0 Å². The number of carbonyl (C=O) groups excluding carboxylic acids is 1. The molecule has 0 radical (unpaired) electrons. The third-order valence-electron chi connectivity index (χ3n) is 5.82. The third-order valence-corrected chi connectivity index (χ3v) is 6.25. The van der Waals surface area contributed by atoms with E-state index >= 15 is 0 Å². The predicted molar refractivity (Wildman–Crippen MR) is 138 cm³/mol. The predicted octanol–water partition coefficient (Wildman–Crippen LogP) is 6.14. The number of fused-ring (bicyclic) bond motifs is 1. The Morgan fingerprint density at radius 2 is 1.88 bits per heavy atom. The molecule has 0 bridgehead atoms. The van der Waals surface area contributed by atoms with Gasteiger partial charge < -0.3 is 14.6 Å². The zero-order valence-corrected chi connectivity index (χ0v) is 20.4. The largest absolute Gasteiger partial charge is 0.494 e. The maximum atomic E-state index is 12.5. The number of nitrogens with zero attached hydrogens (tertiary/aromatic N) is 2. The number of amides is 1. The van der Waals surface area contributed by atoms with Crippen molar-refractivity contribution in [3.63, 3.8) is 0 Å². The first-order chi connectivity index (χ1) is 16.5. The van der Waals surface area contributed by atoms with E-state index in [1.807, 2.05) is 74.5 Å². The highest BCUT2D eigenvalue weighted by atomic mass is 35.5. The molecule has 1 aromatic heterocycles. The zero-order chi connectivity index (χ0) is 23.9. The van der Waals surface area contributed by atoms with Crippen molar-refractivity contribution >= 4 is 28.5 Å². The topological polar surface area (TPSA) is 56.2 Å². The van der Waals surface area contributed by atoms with E-state index in [-0.39, 0.29) is 5.91 Å². The average molecular weight is 476 g/mol. The van der Waals surface area contributed by atoms with Crippen molar-refractivity contribution in [3.8, 4) is 5.75 Å². The number of nitrogens with one attached hydrogen (secondary N) is 1. The standard InChI is InChI=1S/C28H30ClN3O2/c1-20-8-7-9-22(18-20)28(33)30-15-14-27-31-25-10-3-4-11-26(25)32(27)16-5-6-17-34-23-12-13-24(29)21(2)19-23/h3-4,7-13,18-19H,5-6,14-17H2,1-2H3,(H,30,33). The molecule has 1 heterocycles. The van der Waals surface area contributed by atoms with Crippen molar-refractivity contribution in [2.75, 3.05) is 13.2 Å². The third kappa shape index (κ3) is 5.97. The lowest BCUT2D eigenvalue weighted by Gasteiger charge is -2.11. The molecule has 0 aliphatic rings. The second-order valence-electron chi connectivity index (χ2n) is 8.51. The highest BCUT2D eigenvalue weighted by molar-refractivity contribution is 6.31. The number of ether oxygens (including phenoxy) is 1. The van der Waals surface area contributed by atoms with E-state index in [1.54, 1.807) is 0 Å². The Labute approximate surface area is 205 Å². The molecular formula is C28H30ClN3O2. The fourth-order valence-electron chi connectivity index (χ4n) is 4.01. The van der Waals surface area contributed by atoms with Crippen LogP contribution in [0.4, 0.5) is 0 Å².